The third-order valence-corrected chi connectivity index (χ3v) is 2.83. The maximum Gasteiger partial charge on any atom is 0.234 e. The van der Waals surface area contributed by atoms with Gasteiger partial charge in [0.15, 0.2) is 0 Å². The monoisotopic (exact) mass is 269 g/mol. The molecule has 0 aromatic carbocycles. The van der Waals surface area contributed by atoms with Crippen LogP contribution in [0.4, 0.5) is 0 Å². The van der Waals surface area contributed by atoms with Gasteiger partial charge in [0, 0.05) is 19.7 Å². The summed E-state index contributed by atoms with van der Waals surface area (Å²) in [5.41, 5.74) is 5.97. The maximum atomic E-state index is 11.7. The van der Waals surface area contributed by atoms with Crippen molar-refractivity contribution >= 4 is 5.91 Å². The number of amides is 1. The molecule has 2 unspecified atom stereocenters. The van der Waals surface area contributed by atoms with Crippen LogP contribution >= 0.6 is 0 Å². The number of ether oxygens (including phenoxy) is 1. The van der Waals surface area contributed by atoms with Crippen LogP contribution < -0.4 is 11.1 Å². The van der Waals surface area contributed by atoms with Crippen LogP contribution in [0, 0.1) is 0 Å². The van der Waals surface area contributed by atoms with Gasteiger partial charge in [-0.3, -0.25) is 9.69 Å². The van der Waals surface area contributed by atoms with Gasteiger partial charge in [-0.2, -0.15) is 0 Å². The van der Waals surface area contributed by atoms with Crippen molar-refractivity contribution in [3.63, 3.8) is 0 Å². The molecule has 0 fully saturated rings. The number of methoxy groups -OCH3 is 1. The predicted molar refractivity (Wildman–Crippen MR) is 72.6 cm³/mol. The standard InChI is InChI=1S/C13H23N3O3/c1-10(14)13(11-5-4-7-19-11)16(2)9-12(17)15-6-8-18-3/h4-5,7,10,13H,6,8-9,14H2,1-3H3,(H,15,17). The fourth-order valence-corrected chi connectivity index (χ4v) is 2.01. The van der Waals surface area contributed by atoms with Gasteiger partial charge in [0.05, 0.1) is 25.5 Å². The van der Waals surface area contributed by atoms with E-state index < -0.39 is 0 Å². The SMILES string of the molecule is COCCNC(=O)CN(C)C(c1ccco1)C(C)N. The first-order valence-electron chi connectivity index (χ1n) is 6.31. The van der Waals surface area contributed by atoms with Crippen molar-refractivity contribution < 1.29 is 13.9 Å². The third kappa shape index (κ3) is 5.02. The van der Waals surface area contributed by atoms with Gasteiger partial charge in [-0.05, 0) is 26.1 Å². The van der Waals surface area contributed by atoms with Crippen LogP contribution in [0.1, 0.15) is 18.7 Å². The first kappa shape index (κ1) is 15.7. The Morgan fingerprint density at radius 3 is 2.89 bits per heavy atom. The largest absolute Gasteiger partial charge is 0.468 e. The third-order valence-electron chi connectivity index (χ3n) is 2.83. The highest BCUT2D eigenvalue weighted by atomic mass is 16.5. The number of hydrogen-bond donors (Lipinski definition) is 2. The summed E-state index contributed by atoms with van der Waals surface area (Å²) < 4.78 is 10.3. The van der Waals surface area contributed by atoms with Crippen molar-refractivity contribution in [2.45, 2.75) is 19.0 Å². The summed E-state index contributed by atoms with van der Waals surface area (Å²) in [5, 5.41) is 2.78. The van der Waals surface area contributed by atoms with E-state index >= 15 is 0 Å². The molecule has 0 saturated carbocycles. The van der Waals surface area contributed by atoms with Crippen LogP contribution in [0.15, 0.2) is 22.8 Å². The van der Waals surface area contributed by atoms with E-state index in [-0.39, 0.29) is 24.5 Å². The highest BCUT2D eigenvalue weighted by Gasteiger charge is 2.25. The molecule has 1 heterocycles. The Morgan fingerprint density at radius 2 is 2.37 bits per heavy atom. The van der Waals surface area contributed by atoms with Gasteiger partial charge >= 0.3 is 0 Å². The molecule has 6 heteroatoms. The smallest absolute Gasteiger partial charge is 0.234 e. The van der Waals surface area contributed by atoms with E-state index in [1.165, 1.54) is 0 Å². The van der Waals surface area contributed by atoms with Crippen LogP contribution in [0.3, 0.4) is 0 Å². The number of furan rings is 1. The summed E-state index contributed by atoms with van der Waals surface area (Å²) in [7, 11) is 3.45. The van der Waals surface area contributed by atoms with Crippen molar-refractivity contribution in [3.8, 4) is 0 Å². The van der Waals surface area contributed by atoms with E-state index in [1.807, 2.05) is 31.0 Å². The molecule has 0 saturated heterocycles. The molecule has 1 aromatic heterocycles. The van der Waals surface area contributed by atoms with E-state index in [2.05, 4.69) is 5.32 Å². The maximum absolute atomic E-state index is 11.7. The second-order valence-corrected chi connectivity index (χ2v) is 4.58. The quantitative estimate of drug-likeness (QED) is 0.666. The second-order valence-electron chi connectivity index (χ2n) is 4.58. The molecule has 0 aliphatic heterocycles. The number of nitrogens with one attached hydrogen (secondary N) is 1. The molecule has 0 spiro atoms. The Hall–Kier alpha value is -1.37. The molecule has 1 aromatic rings. The lowest BCUT2D eigenvalue weighted by atomic mass is 10.1. The topological polar surface area (TPSA) is 80.7 Å². The molecule has 108 valence electrons. The molecule has 19 heavy (non-hydrogen) atoms. The van der Waals surface area contributed by atoms with Crippen LogP contribution in [-0.2, 0) is 9.53 Å². The van der Waals surface area contributed by atoms with Crippen LogP contribution in [-0.4, -0.2) is 50.7 Å². The molecule has 0 radical (unpaired) electrons. The summed E-state index contributed by atoms with van der Waals surface area (Å²) in [6.07, 6.45) is 1.61. The molecule has 1 rings (SSSR count). The Kier molecular flexibility index (Phi) is 6.55. The van der Waals surface area contributed by atoms with Gasteiger partial charge in [-0.15, -0.1) is 0 Å². The molecule has 0 aliphatic carbocycles. The first-order chi connectivity index (χ1) is 9.06. The Morgan fingerprint density at radius 1 is 1.63 bits per heavy atom. The van der Waals surface area contributed by atoms with Gasteiger partial charge in [0.2, 0.25) is 5.91 Å². The molecular formula is C13H23N3O3. The number of nitrogens with two attached hydrogens (primary N) is 1. The van der Waals surface area contributed by atoms with Crippen molar-refractivity contribution in [1.29, 1.82) is 0 Å². The number of carbonyl (C=O) groups excluding carboxylic acids is 1. The molecule has 0 aliphatic rings. The minimum Gasteiger partial charge on any atom is -0.468 e. The van der Waals surface area contributed by atoms with Gasteiger partial charge in [0.25, 0.3) is 0 Å². The van der Waals surface area contributed by atoms with E-state index in [9.17, 15) is 4.79 Å². The van der Waals surface area contributed by atoms with Gasteiger partial charge in [0.1, 0.15) is 5.76 Å². The fourth-order valence-electron chi connectivity index (χ4n) is 2.01. The lowest BCUT2D eigenvalue weighted by Crippen LogP contribution is -2.43. The minimum absolute atomic E-state index is 0.0586. The molecule has 1 amide bonds. The number of hydrogen-bond acceptors (Lipinski definition) is 5. The van der Waals surface area contributed by atoms with Gasteiger partial charge in [-0.25, -0.2) is 0 Å². The predicted octanol–water partition coefficient (Wildman–Crippen LogP) is 0.362. The Labute approximate surface area is 113 Å². The minimum atomic E-state index is -0.136. The molecule has 2 atom stereocenters. The zero-order valence-corrected chi connectivity index (χ0v) is 11.8. The number of rotatable bonds is 8. The average molecular weight is 269 g/mol. The van der Waals surface area contributed by atoms with Crippen molar-refractivity contribution in [3.05, 3.63) is 24.2 Å². The normalized spacial score (nSPS) is 14.4. The molecular weight excluding hydrogens is 246 g/mol. The highest BCUT2D eigenvalue weighted by molar-refractivity contribution is 5.78. The van der Waals surface area contributed by atoms with Gasteiger partial charge in [-0.1, -0.05) is 0 Å². The zero-order valence-electron chi connectivity index (χ0n) is 11.8. The Bertz CT molecular complexity index is 365. The highest BCUT2D eigenvalue weighted by Crippen LogP contribution is 2.22. The number of nitrogens with zero attached hydrogens (tertiary/aromatic N) is 1. The first-order valence-corrected chi connectivity index (χ1v) is 6.31. The summed E-state index contributed by atoms with van der Waals surface area (Å²) in [6.45, 7) is 3.17. The molecule has 3 N–H and O–H groups in total. The summed E-state index contributed by atoms with van der Waals surface area (Å²) in [4.78, 5) is 13.6. The fraction of sp³-hybridized carbons (Fsp3) is 0.615. The van der Waals surface area contributed by atoms with Crippen LogP contribution in [0.5, 0.6) is 0 Å². The van der Waals surface area contributed by atoms with Gasteiger partial charge < -0.3 is 20.2 Å². The molecule has 0 bridgehead atoms. The van der Waals surface area contributed by atoms with E-state index in [1.54, 1.807) is 13.4 Å². The number of carbonyl (C=O) groups is 1. The number of likely N-dealkylation sites (N-methyl/N-ethyl adjacent to an activating group) is 1. The van der Waals surface area contributed by atoms with E-state index in [0.717, 1.165) is 5.76 Å². The summed E-state index contributed by atoms with van der Waals surface area (Å²) >= 11 is 0. The summed E-state index contributed by atoms with van der Waals surface area (Å²) in [6, 6.07) is 3.43. The van der Waals surface area contributed by atoms with Crippen molar-refractivity contribution in [1.82, 2.24) is 10.2 Å². The van der Waals surface area contributed by atoms with Crippen LogP contribution in [0.2, 0.25) is 0 Å². The van der Waals surface area contributed by atoms with Crippen LogP contribution in [0.25, 0.3) is 0 Å². The van der Waals surface area contributed by atoms with E-state index in [4.69, 9.17) is 14.9 Å². The summed E-state index contributed by atoms with van der Waals surface area (Å²) in [5.74, 6) is 0.707. The lowest BCUT2D eigenvalue weighted by Gasteiger charge is -2.28. The molecule has 6 nitrogen and oxygen atoms in total. The average Bonchev–Trinajstić information content (AvgIpc) is 2.82. The Balaban J connectivity index is 2.53. The van der Waals surface area contributed by atoms with Crippen molar-refractivity contribution in [2.75, 3.05) is 33.9 Å². The van der Waals surface area contributed by atoms with Crippen molar-refractivity contribution in [2.24, 2.45) is 5.73 Å². The zero-order chi connectivity index (χ0) is 14.3. The van der Waals surface area contributed by atoms with E-state index in [0.29, 0.717) is 13.2 Å². The lowest BCUT2D eigenvalue weighted by molar-refractivity contribution is -0.122. The second kappa shape index (κ2) is 7.93.